The summed E-state index contributed by atoms with van der Waals surface area (Å²) in [5.41, 5.74) is 3.10. The number of allylic oxidation sites excluding steroid dienone is 1. The smallest absolute Gasteiger partial charge is 0.0910 e. The summed E-state index contributed by atoms with van der Waals surface area (Å²) in [7, 11) is 0. The predicted octanol–water partition coefficient (Wildman–Crippen LogP) is 2.53. The number of fused-ring (bicyclic) bond motifs is 2. The van der Waals surface area contributed by atoms with Crippen LogP contribution in [-0.2, 0) is 0 Å². The van der Waals surface area contributed by atoms with Crippen LogP contribution in [0.15, 0.2) is 35.5 Å². The molecule has 1 aromatic rings. The molecular weight excluding hydrogens is 174 g/mol. The lowest BCUT2D eigenvalue weighted by atomic mass is 10.0. The van der Waals surface area contributed by atoms with Crippen LogP contribution in [-0.4, -0.2) is 10.9 Å². The Morgan fingerprint density at radius 3 is 3.00 bits per heavy atom. The van der Waals surface area contributed by atoms with Gasteiger partial charge in [-0.1, -0.05) is 41.6 Å². The van der Waals surface area contributed by atoms with Gasteiger partial charge in [0.2, 0.25) is 0 Å². The van der Waals surface area contributed by atoms with E-state index in [-0.39, 0.29) is 0 Å². The zero-order valence-electron chi connectivity index (χ0n) is 7.72. The van der Waals surface area contributed by atoms with E-state index in [1.807, 2.05) is 18.2 Å². The highest BCUT2D eigenvalue weighted by molar-refractivity contribution is 6.07. The lowest BCUT2D eigenvalue weighted by Gasteiger charge is -2.05. The molecule has 0 saturated heterocycles. The van der Waals surface area contributed by atoms with Crippen molar-refractivity contribution in [1.82, 2.24) is 0 Å². The van der Waals surface area contributed by atoms with E-state index in [1.165, 1.54) is 0 Å². The fourth-order valence-electron chi connectivity index (χ4n) is 2.17. The first-order valence-electron chi connectivity index (χ1n) is 4.89. The maximum Gasteiger partial charge on any atom is 0.0910 e. The maximum atomic E-state index is 9.02. The highest BCUT2D eigenvalue weighted by Gasteiger charge is 2.41. The minimum absolute atomic E-state index is 0.444. The van der Waals surface area contributed by atoms with Gasteiger partial charge in [-0.25, -0.2) is 0 Å². The Bertz CT molecular complexity index is 434. The van der Waals surface area contributed by atoms with Crippen molar-refractivity contribution in [2.45, 2.75) is 6.42 Å². The van der Waals surface area contributed by atoms with Gasteiger partial charge >= 0.3 is 0 Å². The van der Waals surface area contributed by atoms with Gasteiger partial charge in [0.25, 0.3) is 0 Å². The molecule has 2 aliphatic rings. The Kier molecular flexibility index (Phi) is 1.51. The summed E-state index contributed by atoms with van der Waals surface area (Å²) in [6, 6.07) is 8.08. The molecule has 0 radical (unpaired) electrons. The van der Waals surface area contributed by atoms with Crippen molar-refractivity contribution in [3.8, 4) is 0 Å². The van der Waals surface area contributed by atoms with Gasteiger partial charge in [0.15, 0.2) is 0 Å². The first kappa shape index (κ1) is 7.80. The molecule has 2 atom stereocenters. The van der Waals surface area contributed by atoms with Crippen molar-refractivity contribution in [1.29, 1.82) is 0 Å². The number of benzene rings is 1. The molecule has 1 N–H and O–H groups in total. The second kappa shape index (κ2) is 2.71. The molecule has 1 aromatic carbocycles. The van der Waals surface area contributed by atoms with Crippen molar-refractivity contribution in [3.63, 3.8) is 0 Å². The van der Waals surface area contributed by atoms with Crippen molar-refractivity contribution in [2.24, 2.45) is 17.0 Å². The summed E-state index contributed by atoms with van der Waals surface area (Å²) in [4.78, 5) is 0. The summed E-state index contributed by atoms with van der Waals surface area (Å²) in [6.45, 7) is 0. The maximum absolute atomic E-state index is 9.02. The average molecular weight is 185 g/mol. The van der Waals surface area contributed by atoms with Gasteiger partial charge in [-0.2, -0.15) is 0 Å². The van der Waals surface area contributed by atoms with E-state index in [1.54, 1.807) is 0 Å². The average Bonchev–Trinajstić information content (AvgIpc) is 2.96. The lowest BCUT2D eigenvalue weighted by Crippen LogP contribution is -2.05. The Morgan fingerprint density at radius 1 is 1.29 bits per heavy atom. The van der Waals surface area contributed by atoms with Crippen molar-refractivity contribution >= 4 is 11.8 Å². The van der Waals surface area contributed by atoms with E-state index < -0.39 is 0 Å². The number of nitrogens with zero attached hydrogens (tertiary/aromatic N) is 1. The van der Waals surface area contributed by atoms with Crippen LogP contribution in [0, 0.1) is 11.8 Å². The van der Waals surface area contributed by atoms with Gasteiger partial charge in [-0.05, 0) is 17.9 Å². The molecular formula is C12H11NO. The molecule has 1 fully saturated rings. The fourth-order valence-corrected chi connectivity index (χ4v) is 2.17. The molecule has 0 bridgehead atoms. The quantitative estimate of drug-likeness (QED) is 0.489. The Labute approximate surface area is 82.6 Å². The SMILES string of the molecule is O/N=C1\c2ccccc2C=C[C@@H]2C[C@H]12. The van der Waals surface area contributed by atoms with Gasteiger partial charge in [-0.15, -0.1) is 0 Å². The largest absolute Gasteiger partial charge is 0.411 e. The summed E-state index contributed by atoms with van der Waals surface area (Å²) in [5, 5.41) is 12.5. The number of hydrogen-bond donors (Lipinski definition) is 1. The molecule has 0 heterocycles. The van der Waals surface area contributed by atoms with Crippen LogP contribution in [0.25, 0.3) is 6.08 Å². The van der Waals surface area contributed by atoms with Crippen LogP contribution < -0.4 is 0 Å². The van der Waals surface area contributed by atoms with E-state index in [0.29, 0.717) is 11.8 Å². The molecule has 1 saturated carbocycles. The number of rotatable bonds is 0. The van der Waals surface area contributed by atoms with Gasteiger partial charge in [0, 0.05) is 11.5 Å². The van der Waals surface area contributed by atoms with E-state index in [0.717, 1.165) is 23.3 Å². The molecule has 14 heavy (non-hydrogen) atoms. The predicted molar refractivity (Wildman–Crippen MR) is 55.4 cm³/mol. The van der Waals surface area contributed by atoms with E-state index in [9.17, 15) is 0 Å². The standard InChI is InChI=1S/C12H11NO/c14-13-12-10-4-2-1-3-8(10)5-6-9-7-11(9)12/h1-6,9,11,14H,7H2/b13-12+/t9-,11+/m1/s1. The Hall–Kier alpha value is -1.57. The molecule has 3 rings (SSSR count). The van der Waals surface area contributed by atoms with Gasteiger partial charge in [0.05, 0.1) is 5.71 Å². The van der Waals surface area contributed by atoms with E-state index in [2.05, 4.69) is 23.4 Å². The fraction of sp³-hybridized carbons (Fsp3) is 0.250. The van der Waals surface area contributed by atoms with E-state index >= 15 is 0 Å². The Balaban J connectivity index is 2.20. The third-order valence-electron chi connectivity index (χ3n) is 3.06. The third-order valence-corrected chi connectivity index (χ3v) is 3.06. The minimum atomic E-state index is 0.444. The number of hydrogen-bond acceptors (Lipinski definition) is 2. The summed E-state index contributed by atoms with van der Waals surface area (Å²) >= 11 is 0. The van der Waals surface area contributed by atoms with Crippen LogP contribution in [0.3, 0.4) is 0 Å². The molecule has 2 nitrogen and oxygen atoms in total. The zero-order valence-corrected chi connectivity index (χ0v) is 7.72. The van der Waals surface area contributed by atoms with Crippen LogP contribution in [0.2, 0.25) is 0 Å². The second-order valence-corrected chi connectivity index (χ2v) is 3.94. The van der Waals surface area contributed by atoms with Crippen LogP contribution in [0.5, 0.6) is 0 Å². The highest BCUT2D eigenvalue weighted by Crippen LogP contribution is 2.45. The molecule has 70 valence electrons. The van der Waals surface area contributed by atoms with Gasteiger partial charge in [0.1, 0.15) is 0 Å². The summed E-state index contributed by atoms with van der Waals surface area (Å²) in [5.74, 6) is 1.04. The molecule has 2 aliphatic carbocycles. The normalized spacial score (nSPS) is 30.7. The first-order valence-corrected chi connectivity index (χ1v) is 4.89. The van der Waals surface area contributed by atoms with E-state index in [4.69, 9.17) is 5.21 Å². The summed E-state index contributed by atoms with van der Waals surface area (Å²) in [6.07, 6.45) is 5.49. The Morgan fingerprint density at radius 2 is 2.14 bits per heavy atom. The molecule has 0 amide bonds. The molecule has 2 heteroatoms. The zero-order chi connectivity index (χ0) is 9.54. The topological polar surface area (TPSA) is 32.6 Å². The minimum Gasteiger partial charge on any atom is -0.411 e. The van der Waals surface area contributed by atoms with Crippen molar-refractivity contribution < 1.29 is 5.21 Å². The molecule has 0 aliphatic heterocycles. The van der Waals surface area contributed by atoms with Crippen LogP contribution >= 0.6 is 0 Å². The second-order valence-electron chi connectivity index (χ2n) is 3.94. The van der Waals surface area contributed by atoms with Gasteiger partial charge < -0.3 is 5.21 Å². The van der Waals surface area contributed by atoms with Gasteiger partial charge in [-0.3, -0.25) is 0 Å². The highest BCUT2D eigenvalue weighted by atomic mass is 16.4. The molecule has 0 spiro atoms. The van der Waals surface area contributed by atoms with Crippen LogP contribution in [0.4, 0.5) is 0 Å². The van der Waals surface area contributed by atoms with Crippen molar-refractivity contribution in [2.75, 3.05) is 0 Å². The molecule has 0 unspecified atom stereocenters. The number of oxime groups is 1. The van der Waals surface area contributed by atoms with Crippen LogP contribution in [0.1, 0.15) is 17.5 Å². The lowest BCUT2D eigenvalue weighted by molar-refractivity contribution is 0.317. The monoisotopic (exact) mass is 185 g/mol. The molecule has 0 aromatic heterocycles. The summed E-state index contributed by atoms with van der Waals surface area (Å²) < 4.78 is 0. The van der Waals surface area contributed by atoms with Crippen molar-refractivity contribution in [3.05, 3.63) is 41.5 Å². The third kappa shape index (κ3) is 1.00. The first-order chi connectivity index (χ1) is 6.90.